The van der Waals surface area contributed by atoms with Crippen LogP contribution in [0.25, 0.3) is 0 Å². The Morgan fingerprint density at radius 1 is 1.67 bits per heavy atom. The molecule has 0 unspecified atom stereocenters. The Labute approximate surface area is 59.0 Å². The SMILES string of the molecule is CN1CC(=O)NC(=S)C1. The van der Waals surface area contributed by atoms with Crippen molar-refractivity contribution in [1.29, 1.82) is 0 Å². The molecule has 1 rings (SSSR count). The fourth-order valence-corrected chi connectivity index (χ4v) is 1.11. The lowest BCUT2D eigenvalue weighted by molar-refractivity contribution is -0.121. The molecule has 1 aliphatic heterocycles. The molecule has 0 saturated carbocycles. The molecule has 0 aromatic carbocycles. The molecular weight excluding hydrogens is 136 g/mol. The van der Waals surface area contributed by atoms with E-state index >= 15 is 0 Å². The van der Waals surface area contributed by atoms with Gasteiger partial charge in [0.1, 0.15) is 0 Å². The minimum atomic E-state index is -0.00579. The van der Waals surface area contributed by atoms with Crippen molar-refractivity contribution in [3.8, 4) is 0 Å². The van der Waals surface area contributed by atoms with Gasteiger partial charge in [-0.2, -0.15) is 0 Å². The minimum absolute atomic E-state index is 0.00579. The number of nitrogens with zero attached hydrogens (tertiary/aromatic N) is 1. The van der Waals surface area contributed by atoms with E-state index in [1.165, 1.54) is 0 Å². The number of nitrogens with one attached hydrogen (secondary N) is 1. The number of carbonyl (C=O) groups is 1. The van der Waals surface area contributed by atoms with Crippen molar-refractivity contribution in [2.45, 2.75) is 0 Å². The summed E-state index contributed by atoms with van der Waals surface area (Å²) in [4.78, 5) is 13.1. The Hall–Kier alpha value is -0.480. The number of thiocarbonyl (C=S) groups is 1. The van der Waals surface area contributed by atoms with Gasteiger partial charge in [0.2, 0.25) is 5.91 Å². The van der Waals surface area contributed by atoms with Gasteiger partial charge in [-0.1, -0.05) is 12.2 Å². The largest absolute Gasteiger partial charge is 0.318 e. The molecule has 50 valence electrons. The molecular formula is C5H8N2OS. The van der Waals surface area contributed by atoms with Crippen molar-refractivity contribution in [2.75, 3.05) is 20.1 Å². The summed E-state index contributed by atoms with van der Waals surface area (Å²) in [6, 6.07) is 0. The summed E-state index contributed by atoms with van der Waals surface area (Å²) < 4.78 is 0. The zero-order valence-electron chi connectivity index (χ0n) is 5.18. The van der Waals surface area contributed by atoms with Crippen LogP contribution in [0.4, 0.5) is 0 Å². The smallest absolute Gasteiger partial charge is 0.238 e. The molecule has 1 amide bonds. The molecule has 1 aliphatic rings. The van der Waals surface area contributed by atoms with Gasteiger partial charge in [-0.15, -0.1) is 0 Å². The van der Waals surface area contributed by atoms with Crippen molar-refractivity contribution in [1.82, 2.24) is 10.2 Å². The average Bonchev–Trinajstić information content (AvgIpc) is 1.59. The Morgan fingerprint density at radius 3 is 2.78 bits per heavy atom. The molecule has 0 aliphatic carbocycles. The lowest BCUT2D eigenvalue weighted by Crippen LogP contribution is -2.48. The van der Waals surface area contributed by atoms with Gasteiger partial charge in [0.25, 0.3) is 0 Å². The number of hydrogen-bond donors (Lipinski definition) is 1. The predicted molar refractivity (Wildman–Crippen MR) is 38.2 cm³/mol. The lowest BCUT2D eigenvalue weighted by Gasteiger charge is -2.22. The Kier molecular flexibility index (Phi) is 1.78. The maximum absolute atomic E-state index is 10.6. The van der Waals surface area contributed by atoms with Crippen molar-refractivity contribution in [3.63, 3.8) is 0 Å². The van der Waals surface area contributed by atoms with Gasteiger partial charge in [-0.3, -0.25) is 9.69 Å². The van der Waals surface area contributed by atoms with Crippen LogP contribution in [0, 0.1) is 0 Å². The molecule has 1 saturated heterocycles. The molecule has 0 spiro atoms. The standard InChI is InChI=1S/C5H8N2OS/c1-7-2-4(8)6-5(9)3-7/h2-3H2,1H3,(H,6,8,9). The van der Waals surface area contributed by atoms with Crippen LogP contribution in [0.2, 0.25) is 0 Å². The number of piperazine rings is 1. The van der Waals surface area contributed by atoms with E-state index in [0.717, 1.165) is 0 Å². The second-order valence-electron chi connectivity index (χ2n) is 2.14. The van der Waals surface area contributed by atoms with Gasteiger partial charge in [0, 0.05) is 6.54 Å². The highest BCUT2D eigenvalue weighted by Crippen LogP contribution is 1.89. The molecule has 1 fully saturated rings. The first-order chi connectivity index (χ1) is 4.18. The van der Waals surface area contributed by atoms with Gasteiger partial charge < -0.3 is 5.32 Å². The molecule has 9 heavy (non-hydrogen) atoms. The molecule has 0 bridgehead atoms. The Morgan fingerprint density at radius 2 is 2.33 bits per heavy atom. The maximum Gasteiger partial charge on any atom is 0.238 e. The molecule has 1 heterocycles. The summed E-state index contributed by atoms with van der Waals surface area (Å²) in [5, 5.41) is 2.56. The second-order valence-corrected chi connectivity index (χ2v) is 2.64. The van der Waals surface area contributed by atoms with Crippen molar-refractivity contribution in [3.05, 3.63) is 0 Å². The summed E-state index contributed by atoms with van der Waals surface area (Å²) >= 11 is 4.79. The number of likely N-dealkylation sites (N-methyl/N-ethyl adjacent to an activating group) is 1. The monoisotopic (exact) mass is 144 g/mol. The number of rotatable bonds is 0. The van der Waals surface area contributed by atoms with Crippen LogP contribution < -0.4 is 5.32 Å². The Bertz CT molecular complexity index is 141. The van der Waals surface area contributed by atoms with E-state index in [4.69, 9.17) is 12.2 Å². The lowest BCUT2D eigenvalue weighted by atomic mass is 10.4. The molecule has 3 nitrogen and oxygen atoms in total. The summed E-state index contributed by atoms with van der Waals surface area (Å²) in [7, 11) is 1.87. The quantitative estimate of drug-likeness (QED) is 0.460. The maximum atomic E-state index is 10.6. The van der Waals surface area contributed by atoms with E-state index in [1.54, 1.807) is 0 Å². The molecule has 1 N–H and O–H groups in total. The van der Waals surface area contributed by atoms with Crippen LogP contribution in [-0.4, -0.2) is 35.9 Å². The van der Waals surface area contributed by atoms with E-state index in [-0.39, 0.29) is 5.91 Å². The van der Waals surface area contributed by atoms with E-state index in [0.29, 0.717) is 18.1 Å². The van der Waals surface area contributed by atoms with Crippen molar-refractivity contribution >= 4 is 23.1 Å². The van der Waals surface area contributed by atoms with E-state index in [1.807, 2.05) is 11.9 Å². The highest BCUT2D eigenvalue weighted by atomic mass is 32.1. The van der Waals surface area contributed by atoms with Crippen molar-refractivity contribution < 1.29 is 4.79 Å². The third-order valence-electron chi connectivity index (χ3n) is 1.11. The number of amides is 1. The van der Waals surface area contributed by atoms with Gasteiger partial charge in [0.05, 0.1) is 11.5 Å². The summed E-state index contributed by atoms with van der Waals surface area (Å²) in [5.41, 5.74) is 0. The zero-order chi connectivity index (χ0) is 6.85. The van der Waals surface area contributed by atoms with Gasteiger partial charge >= 0.3 is 0 Å². The number of carbonyl (C=O) groups excluding carboxylic acids is 1. The van der Waals surface area contributed by atoms with E-state index in [9.17, 15) is 4.79 Å². The van der Waals surface area contributed by atoms with Crippen LogP contribution in [0.5, 0.6) is 0 Å². The van der Waals surface area contributed by atoms with Crippen LogP contribution >= 0.6 is 12.2 Å². The first-order valence-corrected chi connectivity index (χ1v) is 3.10. The van der Waals surface area contributed by atoms with Gasteiger partial charge in [-0.05, 0) is 7.05 Å². The summed E-state index contributed by atoms with van der Waals surface area (Å²) in [6.07, 6.45) is 0. The molecule has 0 atom stereocenters. The summed E-state index contributed by atoms with van der Waals surface area (Å²) in [6.45, 7) is 1.15. The normalized spacial score (nSPS) is 21.9. The zero-order valence-corrected chi connectivity index (χ0v) is 5.99. The fraction of sp³-hybridized carbons (Fsp3) is 0.600. The van der Waals surface area contributed by atoms with Crippen molar-refractivity contribution in [2.24, 2.45) is 0 Å². The fourth-order valence-electron chi connectivity index (χ4n) is 0.781. The van der Waals surface area contributed by atoms with Crippen LogP contribution in [0.3, 0.4) is 0 Å². The third kappa shape index (κ3) is 1.73. The Balaban J connectivity index is 2.53. The highest BCUT2D eigenvalue weighted by molar-refractivity contribution is 7.80. The predicted octanol–water partition coefficient (Wildman–Crippen LogP) is -0.625. The van der Waals surface area contributed by atoms with E-state index in [2.05, 4.69) is 5.32 Å². The molecule has 4 heteroatoms. The number of hydrogen-bond acceptors (Lipinski definition) is 3. The first-order valence-electron chi connectivity index (χ1n) is 2.70. The average molecular weight is 144 g/mol. The van der Waals surface area contributed by atoms with Gasteiger partial charge in [-0.25, -0.2) is 0 Å². The molecule has 0 radical (unpaired) electrons. The topological polar surface area (TPSA) is 32.3 Å². The third-order valence-corrected chi connectivity index (χ3v) is 1.34. The van der Waals surface area contributed by atoms with Crippen LogP contribution in [0.15, 0.2) is 0 Å². The second kappa shape index (κ2) is 2.41. The summed E-state index contributed by atoms with van der Waals surface area (Å²) in [5.74, 6) is -0.00579. The minimum Gasteiger partial charge on any atom is -0.318 e. The molecule has 0 aromatic heterocycles. The van der Waals surface area contributed by atoms with E-state index < -0.39 is 0 Å². The van der Waals surface area contributed by atoms with Gasteiger partial charge in [0.15, 0.2) is 0 Å². The first kappa shape index (κ1) is 6.64. The highest BCUT2D eigenvalue weighted by Gasteiger charge is 2.15. The molecule has 0 aromatic rings. The van der Waals surface area contributed by atoms with Crippen LogP contribution in [0.1, 0.15) is 0 Å². The van der Waals surface area contributed by atoms with Crippen LogP contribution in [-0.2, 0) is 4.79 Å².